The highest BCUT2D eigenvalue weighted by Gasteiger charge is 2.30. The molecule has 1 fully saturated rings. The summed E-state index contributed by atoms with van der Waals surface area (Å²) in [4.78, 5) is 23.1. The van der Waals surface area contributed by atoms with E-state index in [1.807, 2.05) is 41.1 Å². The number of amides is 1. The number of fused-ring (bicyclic) bond motifs is 1. The molecule has 6 nitrogen and oxygen atoms in total. The van der Waals surface area contributed by atoms with Crippen molar-refractivity contribution in [3.05, 3.63) is 84.1 Å². The number of halogens is 3. The molecule has 1 N–H and O–H groups in total. The van der Waals surface area contributed by atoms with E-state index in [4.69, 9.17) is 0 Å². The van der Waals surface area contributed by atoms with Crippen molar-refractivity contribution < 1.29 is 18.0 Å². The Morgan fingerprint density at radius 3 is 2.66 bits per heavy atom. The normalized spacial score (nSPS) is 14.9. The van der Waals surface area contributed by atoms with Crippen LogP contribution < -0.4 is 5.32 Å². The second kappa shape index (κ2) is 9.71. The van der Waals surface area contributed by atoms with Crippen molar-refractivity contribution in [1.82, 2.24) is 24.8 Å². The number of alkyl halides is 3. The van der Waals surface area contributed by atoms with E-state index in [-0.39, 0.29) is 5.91 Å². The molecular weight excluding hydrogens is 475 g/mol. The minimum Gasteiger partial charge on any atom is -0.354 e. The number of carbonyl (C=O) groups is 1. The SMILES string of the molecule is O=C1CN(Cc2cn(-c3ccc(CSc4ccnc5cc(C(F)(F)F)ccc45)cc3)cn2)CCN1. The molecule has 0 bridgehead atoms. The molecule has 0 radical (unpaired) electrons. The summed E-state index contributed by atoms with van der Waals surface area (Å²) in [5, 5.41) is 3.53. The van der Waals surface area contributed by atoms with E-state index in [9.17, 15) is 18.0 Å². The standard InChI is InChI=1S/C25H22F3N5OS/c26-25(27,28)18-3-6-21-22(11-18)29-8-7-23(21)35-15-17-1-4-20(5-2-17)33-13-19(31-16-33)12-32-10-9-30-24(34)14-32/h1-8,11,13,16H,9-10,12,14-15H2,(H,30,34). The summed E-state index contributed by atoms with van der Waals surface area (Å²) in [6.07, 6.45) is 0.887. The molecule has 2 aromatic carbocycles. The van der Waals surface area contributed by atoms with Crippen LogP contribution in [0.5, 0.6) is 0 Å². The zero-order valence-electron chi connectivity index (χ0n) is 18.6. The Balaban J connectivity index is 1.24. The molecule has 1 saturated heterocycles. The Bertz CT molecular complexity index is 1350. The van der Waals surface area contributed by atoms with Gasteiger partial charge in [-0.1, -0.05) is 18.2 Å². The molecule has 1 aliphatic rings. The average molecular weight is 498 g/mol. The molecule has 4 aromatic rings. The highest BCUT2D eigenvalue weighted by molar-refractivity contribution is 7.98. The first-order valence-electron chi connectivity index (χ1n) is 11.1. The van der Waals surface area contributed by atoms with Crippen molar-refractivity contribution in [2.45, 2.75) is 23.4 Å². The molecule has 0 spiro atoms. The maximum Gasteiger partial charge on any atom is 0.416 e. The van der Waals surface area contributed by atoms with Crippen molar-refractivity contribution >= 4 is 28.6 Å². The number of nitrogens with zero attached hydrogens (tertiary/aromatic N) is 4. The van der Waals surface area contributed by atoms with Crippen molar-refractivity contribution in [2.75, 3.05) is 19.6 Å². The van der Waals surface area contributed by atoms with Crippen molar-refractivity contribution in [3.63, 3.8) is 0 Å². The van der Waals surface area contributed by atoms with Crippen LogP contribution in [-0.2, 0) is 23.3 Å². The number of piperazine rings is 1. The Kier molecular flexibility index (Phi) is 6.48. The zero-order valence-corrected chi connectivity index (χ0v) is 19.4. The Labute approximate surface area is 204 Å². The van der Waals surface area contributed by atoms with Gasteiger partial charge in [-0.05, 0) is 35.9 Å². The van der Waals surface area contributed by atoms with Gasteiger partial charge in [0.05, 0.1) is 29.6 Å². The second-order valence-corrected chi connectivity index (χ2v) is 9.34. The van der Waals surface area contributed by atoms with Gasteiger partial charge in [0.15, 0.2) is 0 Å². The first kappa shape index (κ1) is 23.4. The van der Waals surface area contributed by atoms with Crippen LogP contribution in [0.4, 0.5) is 13.2 Å². The minimum absolute atomic E-state index is 0.0370. The van der Waals surface area contributed by atoms with Crippen LogP contribution in [0, 0.1) is 0 Å². The summed E-state index contributed by atoms with van der Waals surface area (Å²) in [5.74, 6) is 0.710. The molecule has 10 heteroatoms. The van der Waals surface area contributed by atoms with Gasteiger partial charge in [0.2, 0.25) is 5.91 Å². The fourth-order valence-corrected chi connectivity index (χ4v) is 4.99. The highest BCUT2D eigenvalue weighted by Crippen LogP contribution is 2.34. The molecule has 0 aliphatic carbocycles. The highest BCUT2D eigenvalue weighted by atomic mass is 32.2. The van der Waals surface area contributed by atoms with E-state index >= 15 is 0 Å². The van der Waals surface area contributed by atoms with Gasteiger partial charge in [0, 0.05) is 53.7 Å². The fourth-order valence-electron chi connectivity index (χ4n) is 3.99. The molecule has 3 heterocycles. The zero-order chi connectivity index (χ0) is 24.4. The van der Waals surface area contributed by atoms with Crippen molar-refractivity contribution in [3.8, 4) is 5.69 Å². The number of hydrogen-bond donors (Lipinski definition) is 1. The van der Waals surface area contributed by atoms with Gasteiger partial charge in [0.25, 0.3) is 0 Å². The third-order valence-electron chi connectivity index (χ3n) is 5.80. The lowest BCUT2D eigenvalue weighted by Gasteiger charge is -2.25. The van der Waals surface area contributed by atoms with E-state index in [1.165, 1.54) is 6.07 Å². The minimum atomic E-state index is -4.39. The quantitative estimate of drug-likeness (QED) is 0.393. The van der Waals surface area contributed by atoms with Crippen LogP contribution in [0.1, 0.15) is 16.8 Å². The number of aromatic nitrogens is 3. The summed E-state index contributed by atoms with van der Waals surface area (Å²) in [6, 6.07) is 13.6. The van der Waals surface area contributed by atoms with Gasteiger partial charge in [0.1, 0.15) is 0 Å². The van der Waals surface area contributed by atoms with Gasteiger partial charge in [-0.15, -0.1) is 11.8 Å². The van der Waals surface area contributed by atoms with E-state index < -0.39 is 11.7 Å². The number of nitrogens with one attached hydrogen (secondary N) is 1. The Hall–Kier alpha value is -3.37. The molecular formula is C25H22F3N5OS. The van der Waals surface area contributed by atoms with Crippen LogP contribution in [0.3, 0.4) is 0 Å². The number of imidazole rings is 1. The van der Waals surface area contributed by atoms with Crippen LogP contribution in [0.2, 0.25) is 0 Å². The molecule has 2 aromatic heterocycles. The predicted molar refractivity (Wildman–Crippen MR) is 128 cm³/mol. The topological polar surface area (TPSA) is 63.1 Å². The van der Waals surface area contributed by atoms with Crippen molar-refractivity contribution in [1.29, 1.82) is 0 Å². The van der Waals surface area contributed by atoms with Gasteiger partial charge < -0.3 is 9.88 Å². The maximum atomic E-state index is 13.0. The lowest BCUT2D eigenvalue weighted by Crippen LogP contribution is -2.47. The summed E-state index contributed by atoms with van der Waals surface area (Å²) in [6.45, 7) is 2.47. The third-order valence-corrected chi connectivity index (χ3v) is 6.94. The maximum absolute atomic E-state index is 13.0. The van der Waals surface area contributed by atoms with E-state index in [1.54, 1.807) is 24.3 Å². The number of benzene rings is 2. The number of rotatable bonds is 6. The number of carbonyl (C=O) groups excluding carboxylic acids is 1. The number of pyridine rings is 1. The van der Waals surface area contributed by atoms with Gasteiger partial charge in [-0.25, -0.2) is 4.98 Å². The van der Waals surface area contributed by atoms with Crippen LogP contribution in [0.15, 0.2) is 72.1 Å². The third kappa shape index (κ3) is 5.49. The van der Waals surface area contributed by atoms with E-state index in [2.05, 4.69) is 20.2 Å². The predicted octanol–water partition coefficient (Wildman–Crippen LogP) is 4.66. The van der Waals surface area contributed by atoms with E-state index in [0.29, 0.717) is 36.3 Å². The van der Waals surface area contributed by atoms with Crippen LogP contribution >= 0.6 is 11.8 Å². The monoisotopic (exact) mass is 497 g/mol. The van der Waals surface area contributed by atoms with Crippen LogP contribution in [-0.4, -0.2) is 45.0 Å². The van der Waals surface area contributed by atoms with Crippen LogP contribution in [0.25, 0.3) is 16.6 Å². The second-order valence-electron chi connectivity index (χ2n) is 8.33. The molecule has 0 saturated carbocycles. The van der Waals surface area contributed by atoms with Gasteiger partial charge in [-0.2, -0.15) is 13.2 Å². The summed E-state index contributed by atoms with van der Waals surface area (Å²) in [5.41, 5.74) is 2.61. The summed E-state index contributed by atoms with van der Waals surface area (Å²) < 4.78 is 41.0. The number of thioether (sulfide) groups is 1. The van der Waals surface area contributed by atoms with E-state index in [0.717, 1.165) is 40.5 Å². The molecule has 180 valence electrons. The lowest BCUT2D eigenvalue weighted by atomic mass is 10.1. The fraction of sp³-hybridized carbons (Fsp3) is 0.240. The molecule has 5 rings (SSSR count). The molecule has 1 amide bonds. The lowest BCUT2D eigenvalue weighted by molar-refractivity contribution is -0.137. The molecule has 0 atom stereocenters. The summed E-state index contributed by atoms with van der Waals surface area (Å²) >= 11 is 1.56. The molecule has 1 aliphatic heterocycles. The first-order chi connectivity index (χ1) is 16.8. The molecule has 35 heavy (non-hydrogen) atoms. The van der Waals surface area contributed by atoms with Gasteiger partial charge >= 0.3 is 6.18 Å². The average Bonchev–Trinajstić information content (AvgIpc) is 3.30. The Morgan fingerprint density at radius 2 is 1.89 bits per heavy atom. The number of hydrogen-bond acceptors (Lipinski definition) is 5. The molecule has 0 unspecified atom stereocenters. The largest absolute Gasteiger partial charge is 0.416 e. The Morgan fingerprint density at radius 1 is 1.06 bits per heavy atom. The summed E-state index contributed by atoms with van der Waals surface area (Å²) in [7, 11) is 0. The van der Waals surface area contributed by atoms with Gasteiger partial charge in [-0.3, -0.25) is 14.7 Å². The smallest absolute Gasteiger partial charge is 0.354 e. The first-order valence-corrected chi connectivity index (χ1v) is 12.0. The van der Waals surface area contributed by atoms with Crippen molar-refractivity contribution in [2.24, 2.45) is 0 Å².